The molecule has 1 heterocycles. The topological polar surface area (TPSA) is 38.1 Å². The van der Waals surface area contributed by atoms with Crippen LogP contribution in [0.3, 0.4) is 0 Å². The van der Waals surface area contributed by atoms with Crippen LogP contribution in [0, 0.1) is 0 Å². The summed E-state index contributed by atoms with van der Waals surface area (Å²) >= 11 is -0.0620. The normalized spacial score (nSPS) is 11.3. The van der Waals surface area contributed by atoms with Crippen molar-refractivity contribution in [3.05, 3.63) is 72.1 Å². The van der Waals surface area contributed by atoms with Crippen molar-refractivity contribution >= 4 is 39.3 Å². The minimum Gasteiger partial charge on any atom is -0.377 e. The van der Waals surface area contributed by atoms with Gasteiger partial charge in [0.05, 0.1) is 11.0 Å². The lowest BCUT2D eigenvalue weighted by molar-refractivity contribution is 0.688. The van der Waals surface area contributed by atoms with E-state index in [1.54, 1.807) is 3.97 Å². The van der Waals surface area contributed by atoms with Gasteiger partial charge in [0.25, 0.3) is 0 Å². The van der Waals surface area contributed by atoms with E-state index in [-0.39, 0.29) is 11.9 Å². The van der Waals surface area contributed by atoms with Crippen molar-refractivity contribution in [1.82, 2.24) is 8.96 Å². The lowest BCUT2D eigenvalue weighted by atomic mass is 10.1. The molecular weight excluding hydrogens is 330 g/mol. The maximum Gasteiger partial charge on any atom is 0.126 e. The van der Waals surface area contributed by atoms with Crippen molar-refractivity contribution in [2.75, 3.05) is 19.0 Å². The molecular formula is C20H19N3OS. The van der Waals surface area contributed by atoms with Crippen molar-refractivity contribution in [2.24, 2.45) is 0 Å². The first-order chi connectivity index (χ1) is 12.2. The Balaban J connectivity index is 1.87. The minimum absolute atomic E-state index is 0.0620. The summed E-state index contributed by atoms with van der Waals surface area (Å²) in [7, 11) is 4.06. The fraction of sp³-hybridized carbons (Fsp3) is 0.150. The van der Waals surface area contributed by atoms with E-state index in [0.29, 0.717) is 6.42 Å². The number of anilines is 1. The van der Waals surface area contributed by atoms with E-state index in [0.717, 1.165) is 38.9 Å². The van der Waals surface area contributed by atoms with Gasteiger partial charge in [-0.3, -0.25) is 0 Å². The van der Waals surface area contributed by atoms with Crippen LogP contribution in [0.1, 0.15) is 11.4 Å². The third-order valence-corrected chi connectivity index (χ3v) is 5.08. The highest BCUT2D eigenvalue weighted by Crippen LogP contribution is 2.26. The molecule has 5 heteroatoms. The molecule has 1 aromatic heterocycles. The van der Waals surface area contributed by atoms with Crippen molar-refractivity contribution in [3.8, 4) is 0 Å². The number of aromatic nitrogens is 2. The summed E-state index contributed by atoms with van der Waals surface area (Å²) in [6, 6.07) is 20.5. The van der Waals surface area contributed by atoms with E-state index in [9.17, 15) is 4.21 Å². The van der Waals surface area contributed by atoms with Gasteiger partial charge < -0.3 is 4.90 Å². The van der Waals surface area contributed by atoms with Gasteiger partial charge in [-0.25, -0.2) is 13.2 Å². The highest BCUT2D eigenvalue weighted by molar-refractivity contribution is 7.64. The number of nitrogens with zero attached hydrogens (tertiary/aromatic N) is 3. The van der Waals surface area contributed by atoms with Gasteiger partial charge in [-0.2, -0.15) is 0 Å². The predicted molar refractivity (Wildman–Crippen MR) is 106 cm³/mol. The van der Waals surface area contributed by atoms with Gasteiger partial charge in [0.2, 0.25) is 0 Å². The Morgan fingerprint density at radius 1 is 1.00 bits per heavy atom. The number of benzene rings is 3. The molecule has 25 heavy (non-hydrogen) atoms. The molecule has 4 rings (SSSR count). The monoisotopic (exact) mass is 349 g/mol. The highest BCUT2D eigenvalue weighted by atomic mass is 32.2. The molecule has 0 bridgehead atoms. The first-order valence-corrected chi connectivity index (χ1v) is 8.93. The molecule has 0 saturated carbocycles. The summed E-state index contributed by atoms with van der Waals surface area (Å²) in [4.78, 5) is 6.86. The molecule has 0 spiro atoms. The Kier molecular flexibility index (Phi) is 4.01. The molecule has 4 nitrogen and oxygen atoms in total. The van der Waals surface area contributed by atoms with Gasteiger partial charge in [0, 0.05) is 26.2 Å². The molecule has 3 aromatic carbocycles. The summed E-state index contributed by atoms with van der Waals surface area (Å²) in [5, 5.41) is 2.27. The fourth-order valence-corrected chi connectivity index (χ4v) is 3.73. The van der Waals surface area contributed by atoms with E-state index < -0.39 is 0 Å². The van der Waals surface area contributed by atoms with Crippen molar-refractivity contribution in [2.45, 2.75) is 6.42 Å². The van der Waals surface area contributed by atoms with Crippen molar-refractivity contribution in [1.29, 1.82) is 0 Å². The van der Waals surface area contributed by atoms with Gasteiger partial charge in [-0.15, -0.1) is 0 Å². The predicted octanol–water partition coefficient (Wildman–Crippen LogP) is 3.55. The van der Waals surface area contributed by atoms with E-state index >= 15 is 0 Å². The summed E-state index contributed by atoms with van der Waals surface area (Å²) in [5.74, 6) is 0.802. The van der Waals surface area contributed by atoms with Gasteiger partial charge in [0.1, 0.15) is 17.7 Å². The Hall–Kier alpha value is -2.66. The number of imidazole rings is 1. The second-order valence-electron chi connectivity index (χ2n) is 6.31. The first kappa shape index (κ1) is 15.8. The summed E-state index contributed by atoms with van der Waals surface area (Å²) in [6.45, 7) is 0. The molecule has 4 aromatic rings. The molecule has 0 aliphatic heterocycles. The molecule has 0 aliphatic carbocycles. The molecule has 0 amide bonds. The zero-order valence-electron chi connectivity index (χ0n) is 14.2. The van der Waals surface area contributed by atoms with Crippen LogP contribution in [0.2, 0.25) is 0 Å². The summed E-state index contributed by atoms with van der Waals surface area (Å²) < 4.78 is 13.6. The standard InChI is InChI=1S/C20H19N3OS/c1-22(2)18-10-6-5-9-16(18)13-20-21-17-11-14-7-3-4-8-15(14)12-19(17)23(20)25-24/h3-12,25H,13H2,1-2H3. The van der Waals surface area contributed by atoms with Crippen molar-refractivity contribution in [3.63, 3.8) is 0 Å². The van der Waals surface area contributed by atoms with E-state index in [4.69, 9.17) is 4.98 Å². The number of fused-ring (bicyclic) bond motifs is 2. The van der Waals surface area contributed by atoms with Crippen LogP contribution in [-0.2, 0) is 18.3 Å². The maximum absolute atomic E-state index is 11.9. The Morgan fingerprint density at radius 2 is 1.68 bits per heavy atom. The average molecular weight is 349 g/mol. The zero-order chi connectivity index (χ0) is 17.4. The lowest BCUT2D eigenvalue weighted by Crippen LogP contribution is -2.12. The second kappa shape index (κ2) is 6.33. The molecule has 0 atom stereocenters. The Morgan fingerprint density at radius 3 is 2.40 bits per heavy atom. The maximum atomic E-state index is 11.9. The van der Waals surface area contributed by atoms with E-state index in [2.05, 4.69) is 41.3 Å². The van der Waals surface area contributed by atoms with Crippen LogP contribution in [0.25, 0.3) is 21.8 Å². The van der Waals surface area contributed by atoms with Gasteiger partial charge in [0.15, 0.2) is 0 Å². The first-order valence-electron chi connectivity index (χ1n) is 8.16. The molecule has 0 saturated heterocycles. The van der Waals surface area contributed by atoms with Gasteiger partial charge in [-0.1, -0.05) is 42.5 Å². The van der Waals surface area contributed by atoms with E-state index in [1.165, 1.54) is 0 Å². The third kappa shape index (κ3) is 2.81. The highest BCUT2D eigenvalue weighted by Gasteiger charge is 2.14. The van der Waals surface area contributed by atoms with Crippen LogP contribution < -0.4 is 4.90 Å². The molecule has 0 radical (unpaired) electrons. The summed E-state index contributed by atoms with van der Waals surface area (Å²) in [5.41, 5.74) is 4.08. The number of para-hydroxylation sites is 1. The number of hydrogen-bond acceptors (Lipinski definition) is 3. The largest absolute Gasteiger partial charge is 0.377 e. The zero-order valence-corrected chi connectivity index (χ0v) is 15.1. The lowest BCUT2D eigenvalue weighted by Gasteiger charge is -2.17. The fourth-order valence-electron chi connectivity index (χ4n) is 3.27. The summed E-state index contributed by atoms with van der Waals surface area (Å²) in [6.07, 6.45) is 0.634. The minimum atomic E-state index is -0.0620. The van der Waals surface area contributed by atoms with Crippen LogP contribution in [0.15, 0.2) is 60.7 Å². The van der Waals surface area contributed by atoms with Crippen molar-refractivity contribution < 1.29 is 4.21 Å². The second-order valence-corrected chi connectivity index (χ2v) is 6.87. The van der Waals surface area contributed by atoms with Crippen LogP contribution in [-0.4, -0.2) is 27.3 Å². The Labute approximate surface area is 150 Å². The van der Waals surface area contributed by atoms with Gasteiger partial charge >= 0.3 is 0 Å². The average Bonchev–Trinajstić information content (AvgIpc) is 2.95. The van der Waals surface area contributed by atoms with Gasteiger partial charge in [-0.05, 0) is 34.5 Å². The molecule has 0 aliphatic rings. The molecule has 126 valence electrons. The number of hydrogen-bond donors (Lipinski definition) is 1. The third-order valence-electron chi connectivity index (χ3n) is 4.47. The van der Waals surface area contributed by atoms with Crippen LogP contribution in [0.4, 0.5) is 5.69 Å². The smallest absolute Gasteiger partial charge is 0.126 e. The Bertz CT molecular complexity index is 1080. The SMILES string of the molecule is CN(C)c1ccccc1Cc1nc2cc3ccccc3cc2n1[SH]=O. The van der Waals surface area contributed by atoms with Crippen LogP contribution >= 0.6 is 0 Å². The quantitative estimate of drug-likeness (QED) is 0.573. The molecule has 0 N–H and O–H groups in total. The van der Waals surface area contributed by atoms with Crippen LogP contribution in [0.5, 0.6) is 0 Å². The molecule has 0 unspecified atom stereocenters. The number of thiol groups is 1. The number of rotatable bonds is 4. The molecule has 0 fully saturated rings. The van der Waals surface area contributed by atoms with E-state index in [1.807, 2.05) is 38.4 Å².